The largest absolute Gasteiger partial charge is 0.493 e. The van der Waals surface area contributed by atoms with Gasteiger partial charge in [-0.2, -0.15) is 0 Å². The maximum absolute atomic E-state index is 13.2. The highest BCUT2D eigenvalue weighted by Gasteiger charge is 2.14. The van der Waals surface area contributed by atoms with Crippen molar-refractivity contribution in [1.82, 2.24) is 14.5 Å². The van der Waals surface area contributed by atoms with Crippen LogP contribution in [0.2, 0.25) is 0 Å². The van der Waals surface area contributed by atoms with Crippen LogP contribution >= 0.6 is 15.9 Å². The van der Waals surface area contributed by atoms with Crippen molar-refractivity contribution in [2.75, 3.05) is 0 Å². The van der Waals surface area contributed by atoms with Crippen LogP contribution in [-0.2, 0) is 0 Å². The molecule has 0 aliphatic rings. The molecule has 0 spiro atoms. The quantitative estimate of drug-likeness (QED) is 0.336. The van der Waals surface area contributed by atoms with E-state index >= 15 is 0 Å². The van der Waals surface area contributed by atoms with Crippen molar-refractivity contribution in [2.45, 2.75) is 0 Å². The monoisotopic (exact) mass is 459 g/mol. The summed E-state index contributed by atoms with van der Waals surface area (Å²) < 4.78 is 2.25. The van der Waals surface area contributed by atoms with Crippen LogP contribution in [0.1, 0.15) is 0 Å². The molecular formula is C22H14BrN5O2. The van der Waals surface area contributed by atoms with Crippen LogP contribution in [0.5, 0.6) is 5.88 Å². The molecule has 2 aromatic heterocycles. The maximum atomic E-state index is 13.2. The third-order valence-electron chi connectivity index (χ3n) is 4.73. The van der Waals surface area contributed by atoms with Crippen LogP contribution in [0.3, 0.4) is 0 Å². The fraction of sp³-hybridized carbons (Fsp3) is 0. The van der Waals surface area contributed by atoms with Crippen LogP contribution in [0, 0.1) is 0 Å². The lowest BCUT2D eigenvalue weighted by atomic mass is 10.2. The molecule has 5 rings (SSSR count). The van der Waals surface area contributed by atoms with Crippen molar-refractivity contribution in [3.63, 3.8) is 0 Å². The normalized spacial score (nSPS) is 11.6. The Kier molecular flexibility index (Phi) is 4.40. The predicted molar refractivity (Wildman–Crippen MR) is 119 cm³/mol. The zero-order valence-electron chi connectivity index (χ0n) is 15.5. The molecule has 146 valence electrons. The average Bonchev–Trinajstić information content (AvgIpc) is 3.07. The Morgan fingerprint density at radius 2 is 1.70 bits per heavy atom. The third-order valence-corrected chi connectivity index (χ3v) is 5.22. The van der Waals surface area contributed by atoms with E-state index in [9.17, 15) is 9.90 Å². The number of azo groups is 1. The minimum Gasteiger partial charge on any atom is -0.493 e. The summed E-state index contributed by atoms with van der Waals surface area (Å²) in [6, 6.07) is 21.7. The van der Waals surface area contributed by atoms with E-state index in [0.717, 1.165) is 9.99 Å². The predicted octanol–water partition coefficient (Wildman–Crippen LogP) is 5.75. The zero-order chi connectivity index (χ0) is 20.7. The number of rotatable bonds is 3. The number of fused-ring (bicyclic) bond motifs is 2. The van der Waals surface area contributed by atoms with E-state index < -0.39 is 0 Å². The first-order valence-corrected chi connectivity index (χ1v) is 9.90. The lowest BCUT2D eigenvalue weighted by Gasteiger charge is -2.09. The minimum absolute atomic E-state index is 0.110. The molecule has 3 aromatic carbocycles. The minimum atomic E-state index is -0.244. The van der Waals surface area contributed by atoms with Crippen LogP contribution in [-0.4, -0.2) is 19.6 Å². The van der Waals surface area contributed by atoms with Crippen molar-refractivity contribution in [2.24, 2.45) is 10.2 Å². The highest BCUT2D eigenvalue weighted by Crippen LogP contribution is 2.37. The second-order valence-corrected chi connectivity index (χ2v) is 7.53. The Labute approximate surface area is 178 Å². The number of aromatic amines is 1. The number of halogens is 1. The van der Waals surface area contributed by atoms with Crippen molar-refractivity contribution in [3.05, 3.63) is 87.6 Å². The van der Waals surface area contributed by atoms with Gasteiger partial charge in [0.1, 0.15) is 0 Å². The second kappa shape index (κ2) is 7.23. The molecule has 2 heterocycles. The highest BCUT2D eigenvalue weighted by atomic mass is 79.9. The first kappa shape index (κ1) is 18.3. The highest BCUT2D eigenvalue weighted by molar-refractivity contribution is 9.10. The maximum Gasteiger partial charge on any atom is 0.267 e. The number of hydrogen-bond acceptors (Lipinski definition) is 5. The van der Waals surface area contributed by atoms with Crippen LogP contribution in [0.25, 0.3) is 27.5 Å². The molecule has 0 radical (unpaired) electrons. The van der Waals surface area contributed by atoms with E-state index in [1.54, 1.807) is 30.3 Å². The number of nitrogens with zero attached hydrogens (tertiary/aromatic N) is 4. The zero-order valence-corrected chi connectivity index (χ0v) is 17.0. The fourth-order valence-electron chi connectivity index (χ4n) is 3.33. The smallest absolute Gasteiger partial charge is 0.267 e. The first-order chi connectivity index (χ1) is 14.6. The Morgan fingerprint density at radius 3 is 2.53 bits per heavy atom. The Hall–Kier alpha value is -3.78. The van der Waals surface area contributed by atoms with Gasteiger partial charge in [0.25, 0.3) is 11.5 Å². The number of H-pyrrole nitrogens is 1. The summed E-state index contributed by atoms with van der Waals surface area (Å²) in [5, 5.41) is 20.0. The van der Waals surface area contributed by atoms with Crippen molar-refractivity contribution >= 4 is 49.4 Å². The summed E-state index contributed by atoms with van der Waals surface area (Å²) in [6.45, 7) is 0. The lowest BCUT2D eigenvalue weighted by Crippen LogP contribution is -2.19. The molecule has 30 heavy (non-hydrogen) atoms. The van der Waals surface area contributed by atoms with Gasteiger partial charge in [-0.25, -0.2) is 9.55 Å². The molecule has 0 unspecified atom stereocenters. The van der Waals surface area contributed by atoms with Gasteiger partial charge in [0.15, 0.2) is 5.69 Å². The molecular weight excluding hydrogens is 446 g/mol. The summed E-state index contributed by atoms with van der Waals surface area (Å²) in [5.41, 5.74) is 1.90. The summed E-state index contributed by atoms with van der Waals surface area (Å²) in [6.07, 6.45) is 0. The topological polar surface area (TPSA) is 95.6 Å². The van der Waals surface area contributed by atoms with Crippen LogP contribution < -0.4 is 5.56 Å². The van der Waals surface area contributed by atoms with Gasteiger partial charge in [-0.1, -0.05) is 46.3 Å². The SMILES string of the molecule is O=c1c2ccccc2nc(N=Nc2c(O)[nH]c3ccc(Br)cc23)n1-c1ccccc1. The molecule has 0 saturated carbocycles. The summed E-state index contributed by atoms with van der Waals surface area (Å²) in [5.74, 6) is 0.00916. The fourth-order valence-corrected chi connectivity index (χ4v) is 3.69. The van der Waals surface area contributed by atoms with E-state index in [4.69, 9.17) is 0 Å². The third kappa shape index (κ3) is 3.07. The summed E-state index contributed by atoms with van der Waals surface area (Å²) >= 11 is 3.43. The summed E-state index contributed by atoms with van der Waals surface area (Å²) in [7, 11) is 0. The number of nitrogens with one attached hydrogen (secondary N) is 1. The standard InChI is InChI=1S/C22H14BrN5O2/c23-13-10-11-18-16(12-13)19(20(29)24-18)26-27-22-25-17-9-5-4-8-15(17)21(30)28(22)14-6-2-1-3-7-14/h1-12,24,29H. The van der Waals surface area contributed by atoms with Gasteiger partial charge in [-0.05, 0) is 42.5 Å². The van der Waals surface area contributed by atoms with Crippen molar-refractivity contribution in [1.29, 1.82) is 0 Å². The molecule has 0 aliphatic heterocycles. The van der Waals surface area contributed by atoms with E-state index in [0.29, 0.717) is 22.0 Å². The second-order valence-electron chi connectivity index (χ2n) is 6.62. The molecule has 5 aromatic rings. The van der Waals surface area contributed by atoms with E-state index in [2.05, 4.69) is 36.1 Å². The lowest BCUT2D eigenvalue weighted by molar-refractivity contribution is 0.459. The molecule has 0 amide bonds. The molecule has 0 fully saturated rings. The van der Waals surface area contributed by atoms with E-state index in [1.165, 1.54) is 4.57 Å². The molecule has 2 N–H and O–H groups in total. The van der Waals surface area contributed by atoms with Crippen LogP contribution in [0.15, 0.2) is 92.3 Å². The summed E-state index contributed by atoms with van der Waals surface area (Å²) in [4.78, 5) is 20.6. The number of aromatic nitrogens is 3. The van der Waals surface area contributed by atoms with Crippen LogP contribution in [0.4, 0.5) is 11.6 Å². The van der Waals surface area contributed by atoms with Gasteiger partial charge >= 0.3 is 0 Å². The number of aromatic hydroxyl groups is 1. The van der Waals surface area contributed by atoms with Crippen molar-refractivity contribution < 1.29 is 5.11 Å². The molecule has 0 bridgehead atoms. The average molecular weight is 460 g/mol. The first-order valence-electron chi connectivity index (χ1n) is 9.11. The molecule has 0 atom stereocenters. The molecule has 0 saturated heterocycles. The van der Waals surface area contributed by atoms with E-state index in [-0.39, 0.29) is 23.1 Å². The number of benzene rings is 3. The van der Waals surface area contributed by atoms with E-state index in [1.807, 2.05) is 42.5 Å². The Bertz CT molecular complexity index is 1490. The Balaban J connectivity index is 1.74. The van der Waals surface area contributed by atoms with Gasteiger partial charge in [0.05, 0.1) is 22.1 Å². The molecule has 8 heteroatoms. The molecule has 0 aliphatic carbocycles. The Morgan fingerprint density at radius 1 is 0.933 bits per heavy atom. The number of hydrogen-bond donors (Lipinski definition) is 2. The van der Waals surface area contributed by atoms with Gasteiger partial charge in [0, 0.05) is 9.86 Å². The number of para-hydroxylation sites is 2. The molecule has 7 nitrogen and oxygen atoms in total. The van der Waals surface area contributed by atoms with Gasteiger partial charge in [-0.15, -0.1) is 10.2 Å². The van der Waals surface area contributed by atoms with Gasteiger partial charge in [-0.3, -0.25) is 4.79 Å². The van der Waals surface area contributed by atoms with Gasteiger partial charge < -0.3 is 10.1 Å². The van der Waals surface area contributed by atoms with Gasteiger partial charge in [0.2, 0.25) is 5.88 Å². The van der Waals surface area contributed by atoms with Crippen molar-refractivity contribution in [3.8, 4) is 11.6 Å².